The number of nitrogens with zero attached hydrogens (tertiary/aromatic N) is 2. The van der Waals surface area contributed by atoms with Gasteiger partial charge in [0.15, 0.2) is 5.82 Å². The lowest BCUT2D eigenvalue weighted by Crippen LogP contribution is -2.35. The molecule has 0 atom stereocenters. The zero-order valence-corrected chi connectivity index (χ0v) is 12.5. The minimum atomic E-state index is -0.288. The second-order valence-electron chi connectivity index (χ2n) is 5.55. The van der Waals surface area contributed by atoms with Crippen LogP contribution in [0.3, 0.4) is 0 Å². The lowest BCUT2D eigenvalue weighted by atomic mass is 9.79. The molecule has 1 aromatic heterocycles. The lowest BCUT2D eigenvalue weighted by Gasteiger charge is -2.37. The molecule has 1 N–H and O–H groups in total. The second-order valence-corrected chi connectivity index (χ2v) is 5.55. The Labute approximate surface area is 116 Å². The maximum atomic E-state index is 5.86. The Morgan fingerprint density at radius 3 is 2.58 bits per heavy atom. The van der Waals surface area contributed by atoms with Gasteiger partial charge in [-0.25, -0.2) is 9.97 Å². The molecule has 0 saturated heterocycles. The number of methoxy groups -OCH3 is 1. The van der Waals surface area contributed by atoms with Gasteiger partial charge in [0.25, 0.3) is 0 Å². The van der Waals surface area contributed by atoms with Crippen molar-refractivity contribution in [2.24, 2.45) is 5.92 Å². The molecule has 0 spiro atoms. The molecule has 1 fully saturated rings. The highest BCUT2D eigenvalue weighted by Gasteiger charge is 2.38. The van der Waals surface area contributed by atoms with E-state index in [1.54, 1.807) is 7.11 Å². The molecular formula is C15H25N3O. The minimum absolute atomic E-state index is 0.288. The van der Waals surface area contributed by atoms with Crippen LogP contribution in [0.1, 0.15) is 51.0 Å². The predicted molar refractivity (Wildman–Crippen MR) is 77.3 cm³/mol. The van der Waals surface area contributed by atoms with Crippen molar-refractivity contribution in [1.29, 1.82) is 0 Å². The van der Waals surface area contributed by atoms with Gasteiger partial charge < -0.3 is 10.1 Å². The van der Waals surface area contributed by atoms with E-state index < -0.39 is 0 Å². The molecule has 106 valence electrons. The molecule has 0 aromatic carbocycles. The predicted octanol–water partition coefficient (Wildman–Crippen LogP) is 3.13. The van der Waals surface area contributed by atoms with E-state index in [9.17, 15) is 0 Å². The van der Waals surface area contributed by atoms with Gasteiger partial charge in [-0.2, -0.15) is 0 Å². The summed E-state index contributed by atoms with van der Waals surface area (Å²) in [6, 6.07) is 2.01. The summed E-state index contributed by atoms with van der Waals surface area (Å²) in [4.78, 5) is 9.36. The van der Waals surface area contributed by atoms with Crippen molar-refractivity contribution >= 4 is 5.82 Å². The third-order valence-electron chi connectivity index (χ3n) is 4.28. The molecule has 0 unspecified atom stereocenters. The van der Waals surface area contributed by atoms with Crippen molar-refractivity contribution < 1.29 is 4.74 Å². The van der Waals surface area contributed by atoms with Crippen molar-refractivity contribution in [1.82, 2.24) is 9.97 Å². The fourth-order valence-electron chi connectivity index (χ4n) is 2.76. The van der Waals surface area contributed by atoms with E-state index in [2.05, 4.69) is 24.1 Å². The Morgan fingerprint density at radius 2 is 2.05 bits per heavy atom. The highest BCUT2D eigenvalue weighted by atomic mass is 16.5. The number of aryl methyl sites for hydroxylation is 1. The summed E-state index contributed by atoms with van der Waals surface area (Å²) in [6.45, 7) is 4.43. The van der Waals surface area contributed by atoms with Gasteiger partial charge in [0.1, 0.15) is 11.4 Å². The standard InChI is InChI=1S/C15H25N3O/c1-5-12-10-13(16-3)18-14(17-12)15(19-4)8-6-11(2)7-9-15/h10-11H,5-9H2,1-4H3,(H,16,17,18). The van der Waals surface area contributed by atoms with E-state index in [0.29, 0.717) is 0 Å². The highest BCUT2D eigenvalue weighted by molar-refractivity contribution is 5.36. The highest BCUT2D eigenvalue weighted by Crippen LogP contribution is 2.40. The van der Waals surface area contributed by atoms with Crippen LogP contribution in [-0.4, -0.2) is 24.1 Å². The molecule has 1 saturated carbocycles. The third kappa shape index (κ3) is 2.89. The summed E-state index contributed by atoms with van der Waals surface area (Å²) >= 11 is 0. The number of aromatic nitrogens is 2. The first-order chi connectivity index (χ1) is 9.13. The van der Waals surface area contributed by atoms with E-state index in [1.165, 1.54) is 12.8 Å². The van der Waals surface area contributed by atoms with E-state index in [1.807, 2.05) is 13.1 Å². The Bertz CT molecular complexity index is 403. The molecule has 2 rings (SSSR count). The third-order valence-corrected chi connectivity index (χ3v) is 4.28. The van der Waals surface area contributed by atoms with Crippen LogP contribution in [0.15, 0.2) is 6.07 Å². The van der Waals surface area contributed by atoms with Crippen molar-refractivity contribution in [2.75, 3.05) is 19.5 Å². The summed E-state index contributed by atoms with van der Waals surface area (Å²) in [5.74, 6) is 2.52. The SMILES string of the molecule is CCc1cc(NC)nc(C2(OC)CCC(C)CC2)n1. The first-order valence-corrected chi connectivity index (χ1v) is 7.25. The van der Waals surface area contributed by atoms with Gasteiger partial charge in [-0.05, 0) is 38.0 Å². The molecule has 1 aliphatic rings. The maximum absolute atomic E-state index is 5.86. The molecule has 4 heteroatoms. The Morgan fingerprint density at radius 1 is 1.37 bits per heavy atom. The van der Waals surface area contributed by atoms with E-state index in [0.717, 1.165) is 42.5 Å². The van der Waals surface area contributed by atoms with Gasteiger partial charge in [0.05, 0.1) is 0 Å². The smallest absolute Gasteiger partial charge is 0.162 e. The van der Waals surface area contributed by atoms with Crippen molar-refractivity contribution in [3.63, 3.8) is 0 Å². The van der Waals surface area contributed by atoms with Gasteiger partial charge in [0, 0.05) is 25.9 Å². The molecule has 1 aliphatic carbocycles. The van der Waals surface area contributed by atoms with E-state index in [-0.39, 0.29) is 5.60 Å². The largest absolute Gasteiger partial charge is 0.373 e. The monoisotopic (exact) mass is 263 g/mol. The van der Waals surface area contributed by atoms with Gasteiger partial charge in [-0.1, -0.05) is 13.8 Å². The number of rotatable bonds is 4. The fraction of sp³-hybridized carbons (Fsp3) is 0.733. The summed E-state index contributed by atoms with van der Waals surface area (Å²) < 4.78 is 5.86. The van der Waals surface area contributed by atoms with Crippen LogP contribution in [0.2, 0.25) is 0 Å². The van der Waals surface area contributed by atoms with Crippen molar-refractivity contribution in [2.45, 2.75) is 51.6 Å². The van der Waals surface area contributed by atoms with Gasteiger partial charge >= 0.3 is 0 Å². The van der Waals surface area contributed by atoms with Crippen LogP contribution in [0.25, 0.3) is 0 Å². The van der Waals surface area contributed by atoms with Crippen LogP contribution in [-0.2, 0) is 16.8 Å². The Balaban J connectivity index is 2.37. The quantitative estimate of drug-likeness (QED) is 0.906. The van der Waals surface area contributed by atoms with E-state index >= 15 is 0 Å². The zero-order valence-electron chi connectivity index (χ0n) is 12.5. The Hall–Kier alpha value is -1.16. The number of hydrogen-bond donors (Lipinski definition) is 1. The average molecular weight is 263 g/mol. The van der Waals surface area contributed by atoms with Crippen LogP contribution in [0.4, 0.5) is 5.82 Å². The molecule has 4 nitrogen and oxygen atoms in total. The molecule has 1 heterocycles. The number of anilines is 1. The number of hydrogen-bond acceptors (Lipinski definition) is 4. The summed E-state index contributed by atoms with van der Waals surface area (Å²) in [5.41, 5.74) is 0.785. The Kier molecular flexibility index (Phi) is 4.40. The number of nitrogens with one attached hydrogen (secondary N) is 1. The summed E-state index contributed by atoms with van der Waals surface area (Å²) in [6.07, 6.45) is 5.31. The van der Waals surface area contributed by atoms with Crippen molar-refractivity contribution in [3.8, 4) is 0 Å². The molecule has 0 radical (unpaired) electrons. The first-order valence-electron chi connectivity index (χ1n) is 7.25. The second kappa shape index (κ2) is 5.87. The van der Waals surface area contributed by atoms with E-state index in [4.69, 9.17) is 9.72 Å². The van der Waals surface area contributed by atoms with Crippen LogP contribution in [0.5, 0.6) is 0 Å². The molecule has 0 amide bonds. The summed E-state index contributed by atoms with van der Waals surface area (Å²) in [5, 5.41) is 3.12. The molecule has 1 aromatic rings. The van der Waals surface area contributed by atoms with Crippen LogP contribution in [0, 0.1) is 5.92 Å². The maximum Gasteiger partial charge on any atom is 0.162 e. The zero-order chi connectivity index (χ0) is 13.9. The van der Waals surface area contributed by atoms with Crippen molar-refractivity contribution in [3.05, 3.63) is 17.6 Å². The first kappa shape index (κ1) is 14.3. The molecule has 0 bridgehead atoms. The minimum Gasteiger partial charge on any atom is -0.373 e. The molecule has 19 heavy (non-hydrogen) atoms. The van der Waals surface area contributed by atoms with Crippen LogP contribution >= 0.6 is 0 Å². The summed E-state index contributed by atoms with van der Waals surface area (Å²) in [7, 11) is 3.69. The van der Waals surface area contributed by atoms with Crippen LogP contribution < -0.4 is 5.32 Å². The average Bonchev–Trinajstić information content (AvgIpc) is 2.47. The fourth-order valence-corrected chi connectivity index (χ4v) is 2.76. The number of ether oxygens (including phenoxy) is 1. The normalized spacial score (nSPS) is 27.3. The topological polar surface area (TPSA) is 47.0 Å². The molecular weight excluding hydrogens is 238 g/mol. The van der Waals surface area contributed by atoms with Gasteiger partial charge in [-0.3, -0.25) is 0 Å². The van der Waals surface area contributed by atoms with Gasteiger partial charge in [-0.15, -0.1) is 0 Å². The van der Waals surface area contributed by atoms with Gasteiger partial charge in [0.2, 0.25) is 0 Å². The molecule has 0 aliphatic heterocycles. The lowest BCUT2D eigenvalue weighted by molar-refractivity contribution is -0.0597.